The predicted octanol–water partition coefficient (Wildman–Crippen LogP) is 4.31. The largest absolute Gasteiger partial charge is 0.458 e. The van der Waals surface area contributed by atoms with E-state index in [2.05, 4.69) is 51.3 Å². The van der Waals surface area contributed by atoms with Gasteiger partial charge in [0.1, 0.15) is 17.4 Å². The summed E-state index contributed by atoms with van der Waals surface area (Å²) in [7, 11) is 0. The van der Waals surface area contributed by atoms with Crippen LogP contribution in [0, 0.1) is 0 Å². The minimum absolute atomic E-state index is 0.00481. The van der Waals surface area contributed by atoms with E-state index in [1.807, 2.05) is 24.3 Å². The number of nitrogens with one attached hydrogen (secondary N) is 1. The van der Waals surface area contributed by atoms with E-state index >= 15 is 0 Å². The number of furan rings is 1. The Morgan fingerprint density at radius 1 is 1.04 bits per heavy atom. The zero-order valence-corrected chi connectivity index (χ0v) is 13.1. The molecule has 118 valence electrons. The Labute approximate surface area is 139 Å². The molecule has 5 rings (SSSR count). The van der Waals surface area contributed by atoms with Gasteiger partial charge in [0.2, 0.25) is 0 Å². The summed E-state index contributed by atoms with van der Waals surface area (Å²) in [6, 6.07) is 20.8. The Balaban J connectivity index is 1.68. The van der Waals surface area contributed by atoms with E-state index in [9.17, 15) is 0 Å². The molecule has 4 aromatic rings. The smallest absolute Gasteiger partial charge is 0.134 e. The van der Waals surface area contributed by atoms with Gasteiger partial charge in [-0.1, -0.05) is 36.4 Å². The average Bonchev–Trinajstić information content (AvgIpc) is 3.28. The third kappa shape index (κ3) is 2.03. The molecule has 4 nitrogen and oxygen atoms in total. The molecule has 1 unspecified atom stereocenters. The maximum atomic E-state index is 6.19. The number of fused-ring (bicyclic) bond motifs is 2. The van der Waals surface area contributed by atoms with Crippen LogP contribution in [-0.2, 0) is 6.42 Å². The van der Waals surface area contributed by atoms with Crippen LogP contribution >= 0.6 is 0 Å². The lowest BCUT2D eigenvalue weighted by atomic mass is 9.99. The van der Waals surface area contributed by atoms with Crippen molar-refractivity contribution in [3.63, 3.8) is 0 Å². The van der Waals surface area contributed by atoms with E-state index < -0.39 is 0 Å². The Morgan fingerprint density at radius 2 is 1.88 bits per heavy atom. The summed E-state index contributed by atoms with van der Waals surface area (Å²) in [6.07, 6.45) is 2.75. The second-order valence-electron chi connectivity index (χ2n) is 6.13. The van der Waals surface area contributed by atoms with Crippen molar-refractivity contribution in [3.8, 4) is 0 Å². The molecule has 0 radical (unpaired) electrons. The second kappa shape index (κ2) is 5.27. The van der Waals surface area contributed by atoms with Crippen molar-refractivity contribution >= 4 is 16.7 Å². The molecule has 4 heteroatoms. The number of hydrogen-bond donors (Lipinski definition) is 1. The molecule has 0 fully saturated rings. The van der Waals surface area contributed by atoms with Crippen molar-refractivity contribution in [3.05, 3.63) is 84.1 Å². The Kier molecular flexibility index (Phi) is 2.95. The van der Waals surface area contributed by atoms with Gasteiger partial charge in [-0.05, 0) is 24.3 Å². The highest BCUT2D eigenvalue weighted by atomic mass is 16.3. The van der Waals surface area contributed by atoms with Gasteiger partial charge in [-0.25, -0.2) is 4.98 Å². The van der Waals surface area contributed by atoms with Gasteiger partial charge in [0.15, 0.2) is 0 Å². The highest BCUT2D eigenvalue weighted by molar-refractivity contribution is 5.78. The standard InChI is InChI=1S/C20H17N3O/c1-2-7-15(8-3-1)23-11-10-16-19(22-13-21-16)20(23)18-12-14-6-4-5-9-17(14)24-18/h1-9,12-13,20H,10-11H2,(H,21,22). The van der Waals surface area contributed by atoms with Gasteiger partial charge in [0, 0.05) is 29.7 Å². The number of hydrogen-bond acceptors (Lipinski definition) is 3. The number of H-pyrrole nitrogens is 1. The van der Waals surface area contributed by atoms with E-state index in [1.54, 1.807) is 6.33 Å². The van der Waals surface area contributed by atoms with E-state index in [0.29, 0.717) is 0 Å². The number of nitrogens with zero attached hydrogens (tertiary/aromatic N) is 2. The molecule has 1 aliphatic rings. The summed E-state index contributed by atoms with van der Waals surface area (Å²) in [6.45, 7) is 0.931. The molecule has 3 heterocycles. The molecule has 0 saturated carbocycles. The molecule has 0 amide bonds. The summed E-state index contributed by atoms with van der Waals surface area (Å²) in [5.41, 5.74) is 4.37. The van der Waals surface area contributed by atoms with Gasteiger partial charge in [-0.3, -0.25) is 0 Å². The van der Waals surface area contributed by atoms with E-state index in [4.69, 9.17) is 4.42 Å². The zero-order chi connectivity index (χ0) is 15.9. The van der Waals surface area contributed by atoms with E-state index in [0.717, 1.165) is 35.4 Å². The fraction of sp³-hybridized carbons (Fsp3) is 0.150. The first-order valence-corrected chi connectivity index (χ1v) is 8.22. The Hall–Kier alpha value is -3.01. The van der Waals surface area contributed by atoms with Crippen LogP contribution < -0.4 is 4.90 Å². The summed E-state index contributed by atoms with van der Waals surface area (Å²) >= 11 is 0. The van der Waals surface area contributed by atoms with Crippen molar-refractivity contribution < 1.29 is 4.42 Å². The van der Waals surface area contributed by atoms with Crippen LogP contribution in [0.5, 0.6) is 0 Å². The molecule has 0 bridgehead atoms. The number of benzene rings is 2. The van der Waals surface area contributed by atoms with Gasteiger partial charge in [-0.15, -0.1) is 0 Å². The molecule has 0 aliphatic carbocycles. The highest BCUT2D eigenvalue weighted by Crippen LogP contribution is 2.38. The molecule has 0 saturated heterocycles. The predicted molar refractivity (Wildman–Crippen MR) is 94.1 cm³/mol. The minimum atomic E-state index is -0.00481. The topological polar surface area (TPSA) is 45.1 Å². The summed E-state index contributed by atoms with van der Waals surface area (Å²) < 4.78 is 6.19. The third-order valence-corrected chi connectivity index (χ3v) is 4.73. The Bertz CT molecular complexity index is 953. The number of anilines is 1. The molecule has 2 aromatic carbocycles. The SMILES string of the molecule is c1ccc(N2CCc3[nH]cnc3C2c2cc3ccccc3o2)cc1. The molecule has 1 aliphatic heterocycles. The first-order chi connectivity index (χ1) is 11.9. The van der Waals surface area contributed by atoms with E-state index in [-0.39, 0.29) is 6.04 Å². The normalized spacial score (nSPS) is 17.2. The molecular weight excluding hydrogens is 298 g/mol. The molecule has 1 atom stereocenters. The van der Waals surface area contributed by atoms with Crippen molar-refractivity contribution in [2.45, 2.75) is 12.5 Å². The number of para-hydroxylation sites is 2. The second-order valence-corrected chi connectivity index (χ2v) is 6.13. The van der Waals surface area contributed by atoms with Crippen molar-refractivity contribution in [2.24, 2.45) is 0 Å². The van der Waals surface area contributed by atoms with Crippen molar-refractivity contribution in [1.29, 1.82) is 0 Å². The molecule has 1 N–H and O–H groups in total. The van der Waals surface area contributed by atoms with Crippen LogP contribution in [-0.4, -0.2) is 16.5 Å². The van der Waals surface area contributed by atoms with Crippen LogP contribution in [0.3, 0.4) is 0 Å². The first-order valence-electron chi connectivity index (χ1n) is 8.22. The van der Waals surface area contributed by atoms with Crippen LogP contribution in [0.2, 0.25) is 0 Å². The van der Waals surface area contributed by atoms with Crippen LogP contribution in [0.4, 0.5) is 5.69 Å². The van der Waals surface area contributed by atoms with Crippen LogP contribution in [0.1, 0.15) is 23.2 Å². The quantitative estimate of drug-likeness (QED) is 0.599. The summed E-state index contributed by atoms with van der Waals surface area (Å²) in [4.78, 5) is 10.3. The van der Waals surface area contributed by atoms with Crippen LogP contribution in [0.25, 0.3) is 11.0 Å². The van der Waals surface area contributed by atoms with Gasteiger partial charge in [0.25, 0.3) is 0 Å². The number of imidazole rings is 1. The zero-order valence-electron chi connectivity index (χ0n) is 13.1. The minimum Gasteiger partial charge on any atom is -0.458 e. The third-order valence-electron chi connectivity index (χ3n) is 4.73. The van der Waals surface area contributed by atoms with Gasteiger partial charge >= 0.3 is 0 Å². The Morgan fingerprint density at radius 3 is 2.75 bits per heavy atom. The fourth-order valence-corrected chi connectivity index (χ4v) is 3.60. The molecule has 24 heavy (non-hydrogen) atoms. The maximum absolute atomic E-state index is 6.19. The molecular formula is C20H17N3O. The van der Waals surface area contributed by atoms with Crippen LogP contribution in [0.15, 0.2) is 71.4 Å². The lowest BCUT2D eigenvalue weighted by molar-refractivity contribution is 0.487. The maximum Gasteiger partial charge on any atom is 0.134 e. The van der Waals surface area contributed by atoms with Gasteiger partial charge < -0.3 is 14.3 Å². The number of rotatable bonds is 2. The lowest BCUT2D eigenvalue weighted by Crippen LogP contribution is -2.36. The molecule has 0 spiro atoms. The first kappa shape index (κ1) is 13.4. The van der Waals surface area contributed by atoms with E-state index in [1.165, 1.54) is 11.4 Å². The van der Waals surface area contributed by atoms with Crippen molar-refractivity contribution in [1.82, 2.24) is 9.97 Å². The van der Waals surface area contributed by atoms with Gasteiger partial charge in [-0.2, -0.15) is 0 Å². The lowest BCUT2D eigenvalue weighted by Gasteiger charge is -2.35. The highest BCUT2D eigenvalue weighted by Gasteiger charge is 2.33. The van der Waals surface area contributed by atoms with Crippen molar-refractivity contribution in [2.75, 3.05) is 11.4 Å². The summed E-state index contributed by atoms with van der Waals surface area (Å²) in [5.74, 6) is 0.938. The van der Waals surface area contributed by atoms with Gasteiger partial charge in [0.05, 0.1) is 12.0 Å². The number of aromatic amines is 1. The number of aromatic nitrogens is 2. The fourth-order valence-electron chi connectivity index (χ4n) is 3.60. The summed E-state index contributed by atoms with van der Waals surface area (Å²) in [5, 5.41) is 1.13. The molecule has 2 aromatic heterocycles. The monoisotopic (exact) mass is 315 g/mol. The average molecular weight is 315 g/mol.